The van der Waals surface area contributed by atoms with E-state index in [0.29, 0.717) is 5.92 Å². The van der Waals surface area contributed by atoms with Gasteiger partial charge in [-0.1, -0.05) is 25.8 Å². The number of pyridine rings is 1. The number of hydrogen-bond acceptors (Lipinski definition) is 2. The number of piperidine rings is 1. The minimum Gasteiger partial charge on any atom is -0.357 e. The van der Waals surface area contributed by atoms with E-state index in [-0.39, 0.29) is 0 Å². The Labute approximate surface area is 117 Å². The van der Waals surface area contributed by atoms with Crippen LogP contribution >= 0.6 is 0 Å². The van der Waals surface area contributed by atoms with Crippen molar-refractivity contribution in [3.05, 3.63) is 23.4 Å². The molecule has 1 aromatic heterocycles. The molecule has 0 N–H and O–H groups in total. The van der Waals surface area contributed by atoms with Crippen molar-refractivity contribution in [2.75, 3.05) is 18.0 Å². The van der Waals surface area contributed by atoms with Gasteiger partial charge in [-0.2, -0.15) is 0 Å². The Kier molecular flexibility index (Phi) is 4.05. The maximum absolute atomic E-state index is 5.05. The molecule has 1 aliphatic heterocycles. The third-order valence-electron chi connectivity index (χ3n) is 4.73. The number of fused-ring (bicyclic) bond motifs is 1. The summed E-state index contributed by atoms with van der Waals surface area (Å²) in [5.74, 6) is 1.87. The number of anilines is 1. The standard InChI is InChI=1S/C17H26N2/c1-14-8-4-2-5-9-15-10-11-16(18-17(14)15)19-12-6-3-7-13-19/h10-11,14H,2-9,12-13H2,1H3/t14-/m0/s1. The van der Waals surface area contributed by atoms with Gasteiger partial charge in [-0.3, -0.25) is 0 Å². The highest BCUT2D eigenvalue weighted by Gasteiger charge is 2.18. The SMILES string of the molecule is C[C@H]1CCCCCc2ccc(N3CCCCC3)nc21. The molecule has 2 nitrogen and oxygen atoms in total. The lowest BCUT2D eigenvalue weighted by atomic mass is 9.90. The minimum absolute atomic E-state index is 0.639. The molecule has 0 aromatic carbocycles. The Hall–Kier alpha value is -1.05. The van der Waals surface area contributed by atoms with Crippen LogP contribution in [-0.4, -0.2) is 18.1 Å². The van der Waals surface area contributed by atoms with Crippen molar-refractivity contribution in [2.24, 2.45) is 0 Å². The van der Waals surface area contributed by atoms with Crippen molar-refractivity contribution in [3.8, 4) is 0 Å². The maximum atomic E-state index is 5.05. The number of rotatable bonds is 1. The van der Waals surface area contributed by atoms with Crippen LogP contribution < -0.4 is 4.90 Å². The summed E-state index contributed by atoms with van der Waals surface area (Å²) >= 11 is 0. The second kappa shape index (κ2) is 5.94. The van der Waals surface area contributed by atoms with E-state index in [1.165, 1.54) is 81.5 Å². The van der Waals surface area contributed by atoms with Crippen LogP contribution in [0.5, 0.6) is 0 Å². The third kappa shape index (κ3) is 2.93. The van der Waals surface area contributed by atoms with E-state index in [1.807, 2.05) is 0 Å². The van der Waals surface area contributed by atoms with Gasteiger partial charge >= 0.3 is 0 Å². The molecule has 1 saturated heterocycles. The average Bonchev–Trinajstić information content (AvgIpc) is 2.45. The second-order valence-corrected chi connectivity index (χ2v) is 6.26. The normalized spacial score (nSPS) is 24.5. The molecule has 1 aromatic rings. The number of nitrogens with zero attached hydrogens (tertiary/aromatic N) is 2. The fourth-order valence-corrected chi connectivity index (χ4v) is 3.51. The lowest BCUT2D eigenvalue weighted by Gasteiger charge is -2.29. The fraction of sp³-hybridized carbons (Fsp3) is 0.706. The molecule has 2 heterocycles. The van der Waals surface area contributed by atoms with Crippen molar-refractivity contribution in [3.63, 3.8) is 0 Å². The van der Waals surface area contributed by atoms with Crippen LogP contribution in [0.4, 0.5) is 5.82 Å². The maximum Gasteiger partial charge on any atom is 0.128 e. The molecule has 3 rings (SSSR count). The summed E-state index contributed by atoms with van der Waals surface area (Å²) in [7, 11) is 0. The zero-order chi connectivity index (χ0) is 13.1. The first-order chi connectivity index (χ1) is 9.34. The molecule has 104 valence electrons. The Morgan fingerprint density at radius 2 is 1.79 bits per heavy atom. The summed E-state index contributed by atoms with van der Waals surface area (Å²) in [6.45, 7) is 4.75. The summed E-state index contributed by atoms with van der Waals surface area (Å²) < 4.78 is 0. The smallest absolute Gasteiger partial charge is 0.128 e. The highest BCUT2D eigenvalue weighted by Crippen LogP contribution is 2.30. The number of hydrogen-bond donors (Lipinski definition) is 0. The van der Waals surface area contributed by atoms with Gasteiger partial charge in [-0.05, 0) is 56.1 Å². The van der Waals surface area contributed by atoms with E-state index in [1.54, 1.807) is 0 Å². The summed E-state index contributed by atoms with van der Waals surface area (Å²) in [6, 6.07) is 4.62. The Balaban J connectivity index is 1.87. The molecular weight excluding hydrogens is 232 g/mol. The van der Waals surface area contributed by atoms with Gasteiger partial charge in [0, 0.05) is 18.8 Å². The second-order valence-electron chi connectivity index (χ2n) is 6.26. The van der Waals surface area contributed by atoms with Crippen LogP contribution in [0.3, 0.4) is 0 Å². The first-order valence-corrected chi connectivity index (χ1v) is 8.09. The molecule has 0 saturated carbocycles. The molecule has 1 aliphatic carbocycles. The largest absolute Gasteiger partial charge is 0.357 e. The summed E-state index contributed by atoms with van der Waals surface area (Å²) in [5, 5.41) is 0. The van der Waals surface area contributed by atoms with Gasteiger partial charge in [0.15, 0.2) is 0 Å². The van der Waals surface area contributed by atoms with Gasteiger partial charge in [-0.15, -0.1) is 0 Å². The van der Waals surface area contributed by atoms with Crippen LogP contribution in [-0.2, 0) is 6.42 Å². The Morgan fingerprint density at radius 3 is 2.63 bits per heavy atom. The molecule has 0 unspecified atom stereocenters. The van der Waals surface area contributed by atoms with E-state index in [2.05, 4.69) is 24.0 Å². The minimum atomic E-state index is 0.639. The predicted octanol–water partition coefficient (Wildman–Crippen LogP) is 4.29. The van der Waals surface area contributed by atoms with Crippen molar-refractivity contribution >= 4 is 5.82 Å². The highest BCUT2D eigenvalue weighted by molar-refractivity contribution is 5.43. The lowest BCUT2D eigenvalue weighted by Crippen LogP contribution is -2.30. The first-order valence-electron chi connectivity index (χ1n) is 8.09. The topological polar surface area (TPSA) is 16.1 Å². The van der Waals surface area contributed by atoms with Gasteiger partial charge in [0.05, 0.1) is 0 Å². The summed E-state index contributed by atoms with van der Waals surface area (Å²) in [4.78, 5) is 7.53. The quantitative estimate of drug-likeness (QED) is 0.747. The molecule has 2 aliphatic rings. The van der Waals surface area contributed by atoms with Crippen LogP contribution in [0.2, 0.25) is 0 Å². The van der Waals surface area contributed by atoms with Crippen molar-refractivity contribution in [1.29, 1.82) is 0 Å². The van der Waals surface area contributed by atoms with E-state index in [4.69, 9.17) is 4.98 Å². The first kappa shape index (κ1) is 13.0. The zero-order valence-electron chi connectivity index (χ0n) is 12.2. The van der Waals surface area contributed by atoms with Crippen molar-refractivity contribution < 1.29 is 0 Å². The van der Waals surface area contributed by atoms with E-state index < -0.39 is 0 Å². The number of aryl methyl sites for hydroxylation is 1. The van der Waals surface area contributed by atoms with Crippen LogP contribution in [0, 0.1) is 0 Å². The zero-order valence-corrected chi connectivity index (χ0v) is 12.2. The van der Waals surface area contributed by atoms with Crippen LogP contribution in [0.25, 0.3) is 0 Å². The lowest BCUT2D eigenvalue weighted by molar-refractivity contribution is 0.543. The Morgan fingerprint density at radius 1 is 1.00 bits per heavy atom. The van der Waals surface area contributed by atoms with Crippen LogP contribution in [0.15, 0.2) is 12.1 Å². The molecule has 0 amide bonds. The molecule has 2 heteroatoms. The molecule has 1 atom stereocenters. The van der Waals surface area contributed by atoms with E-state index >= 15 is 0 Å². The molecular formula is C17H26N2. The molecule has 19 heavy (non-hydrogen) atoms. The molecule has 0 spiro atoms. The van der Waals surface area contributed by atoms with Crippen LogP contribution in [0.1, 0.15) is 69.0 Å². The molecule has 0 bridgehead atoms. The molecule has 0 radical (unpaired) electrons. The Bertz CT molecular complexity index is 421. The van der Waals surface area contributed by atoms with Gasteiger partial charge in [0.25, 0.3) is 0 Å². The average molecular weight is 258 g/mol. The van der Waals surface area contributed by atoms with E-state index in [9.17, 15) is 0 Å². The molecule has 1 fully saturated rings. The number of aromatic nitrogens is 1. The van der Waals surface area contributed by atoms with Gasteiger partial charge in [0.2, 0.25) is 0 Å². The highest BCUT2D eigenvalue weighted by atomic mass is 15.2. The third-order valence-corrected chi connectivity index (χ3v) is 4.73. The van der Waals surface area contributed by atoms with E-state index in [0.717, 1.165) is 0 Å². The predicted molar refractivity (Wildman–Crippen MR) is 80.9 cm³/mol. The summed E-state index contributed by atoms with van der Waals surface area (Å²) in [5.41, 5.74) is 2.90. The van der Waals surface area contributed by atoms with Crippen molar-refractivity contribution in [2.45, 2.75) is 64.2 Å². The van der Waals surface area contributed by atoms with Gasteiger partial charge in [0.1, 0.15) is 5.82 Å². The van der Waals surface area contributed by atoms with Gasteiger partial charge in [-0.25, -0.2) is 4.98 Å². The van der Waals surface area contributed by atoms with Crippen molar-refractivity contribution in [1.82, 2.24) is 4.98 Å². The summed E-state index contributed by atoms with van der Waals surface area (Å²) in [6.07, 6.45) is 10.7. The van der Waals surface area contributed by atoms with Gasteiger partial charge < -0.3 is 4.90 Å². The monoisotopic (exact) mass is 258 g/mol. The fourth-order valence-electron chi connectivity index (χ4n) is 3.51.